The van der Waals surface area contributed by atoms with Crippen LogP contribution in [0.1, 0.15) is 29.9 Å². The molecule has 4 heteroatoms. The molecule has 0 saturated carbocycles. The predicted molar refractivity (Wildman–Crippen MR) is 78.3 cm³/mol. The number of aliphatic hydroxyl groups excluding tert-OH is 1. The van der Waals surface area contributed by atoms with E-state index in [-0.39, 0.29) is 11.9 Å². The first-order valence-electron chi connectivity index (χ1n) is 7.16. The van der Waals surface area contributed by atoms with Gasteiger partial charge < -0.3 is 14.4 Å². The summed E-state index contributed by atoms with van der Waals surface area (Å²) in [5, 5.41) is 9.90. The van der Waals surface area contributed by atoms with Gasteiger partial charge in [-0.3, -0.25) is 4.79 Å². The van der Waals surface area contributed by atoms with Crippen LogP contribution in [-0.4, -0.2) is 22.0 Å². The van der Waals surface area contributed by atoms with Crippen molar-refractivity contribution < 1.29 is 14.3 Å². The summed E-state index contributed by atoms with van der Waals surface area (Å²) < 4.78 is 5.56. The van der Waals surface area contributed by atoms with E-state index >= 15 is 0 Å². The molecule has 1 saturated heterocycles. The second kappa shape index (κ2) is 5.37. The third-order valence-electron chi connectivity index (χ3n) is 4.13. The lowest BCUT2D eigenvalue weighted by molar-refractivity contribution is -0.167. The highest BCUT2D eigenvalue weighted by Crippen LogP contribution is 2.44. The van der Waals surface area contributed by atoms with Crippen LogP contribution in [0.2, 0.25) is 0 Å². The monoisotopic (exact) mass is 285 g/mol. The van der Waals surface area contributed by atoms with Gasteiger partial charge in [-0.25, -0.2) is 0 Å². The van der Waals surface area contributed by atoms with Crippen LogP contribution in [0.25, 0.3) is 0 Å². The third kappa shape index (κ3) is 2.36. The first-order chi connectivity index (χ1) is 10.1. The molecule has 110 valence electrons. The molecule has 3 rings (SSSR count). The lowest BCUT2D eigenvalue weighted by Gasteiger charge is -2.47. The quantitative estimate of drug-likeness (QED) is 0.879. The van der Waals surface area contributed by atoms with Gasteiger partial charge in [-0.1, -0.05) is 30.3 Å². The van der Waals surface area contributed by atoms with Crippen LogP contribution in [0.5, 0.6) is 0 Å². The van der Waals surface area contributed by atoms with Crippen LogP contribution in [0, 0.1) is 12.8 Å². The fraction of sp³-hybridized carbons (Fsp3) is 0.353. The molecule has 0 spiro atoms. The Morgan fingerprint density at radius 3 is 2.57 bits per heavy atom. The minimum absolute atomic E-state index is 0.0188. The molecule has 4 nitrogen and oxygen atoms in total. The van der Waals surface area contributed by atoms with E-state index in [2.05, 4.69) is 0 Å². The molecular weight excluding hydrogens is 266 g/mol. The maximum Gasteiger partial charge on any atom is 0.231 e. The number of amides is 1. The van der Waals surface area contributed by atoms with E-state index in [9.17, 15) is 9.90 Å². The molecule has 0 radical (unpaired) electrons. The number of aliphatic hydroxyl groups is 1. The van der Waals surface area contributed by atoms with E-state index in [0.29, 0.717) is 6.54 Å². The Kier molecular flexibility index (Phi) is 3.55. The fourth-order valence-corrected chi connectivity index (χ4v) is 2.99. The number of rotatable bonds is 4. The number of β-lactam (4-membered cyclic amide) rings is 1. The molecule has 1 fully saturated rings. The largest absolute Gasteiger partial charge is 0.467 e. The van der Waals surface area contributed by atoms with Gasteiger partial charge in [-0.2, -0.15) is 0 Å². The summed E-state index contributed by atoms with van der Waals surface area (Å²) in [6, 6.07) is 11.6. The molecule has 0 bridgehead atoms. The fourth-order valence-electron chi connectivity index (χ4n) is 2.99. The van der Waals surface area contributed by atoms with Gasteiger partial charge in [-0.15, -0.1) is 0 Å². The second-order valence-corrected chi connectivity index (χ2v) is 5.63. The van der Waals surface area contributed by atoms with Gasteiger partial charge >= 0.3 is 0 Å². The molecule has 3 atom stereocenters. The number of hydrogen-bond acceptors (Lipinski definition) is 3. The first-order valence-corrected chi connectivity index (χ1v) is 7.16. The molecule has 1 unspecified atom stereocenters. The van der Waals surface area contributed by atoms with Crippen molar-refractivity contribution in [2.24, 2.45) is 5.92 Å². The van der Waals surface area contributed by atoms with E-state index in [4.69, 9.17) is 4.42 Å². The molecule has 1 amide bonds. The number of hydrogen-bond donors (Lipinski definition) is 1. The van der Waals surface area contributed by atoms with Gasteiger partial charge in [0.25, 0.3) is 0 Å². The topological polar surface area (TPSA) is 53.7 Å². The van der Waals surface area contributed by atoms with Crippen LogP contribution in [-0.2, 0) is 11.3 Å². The summed E-state index contributed by atoms with van der Waals surface area (Å²) in [5.74, 6) is 0.338. The number of aryl methyl sites for hydroxylation is 1. The van der Waals surface area contributed by atoms with Gasteiger partial charge in [0.05, 0.1) is 18.3 Å². The minimum Gasteiger partial charge on any atom is -0.467 e. The van der Waals surface area contributed by atoms with Crippen molar-refractivity contribution in [2.75, 3.05) is 0 Å². The van der Waals surface area contributed by atoms with E-state index < -0.39 is 12.0 Å². The van der Waals surface area contributed by atoms with Crippen molar-refractivity contribution in [3.05, 3.63) is 59.5 Å². The van der Waals surface area contributed by atoms with E-state index in [0.717, 1.165) is 16.9 Å². The maximum atomic E-state index is 12.3. The van der Waals surface area contributed by atoms with Crippen molar-refractivity contribution in [2.45, 2.75) is 32.5 Å². The zero-order chi connectivity index (χ0) is 15.0. The number of carbonyl (C=O) groups excluding carboxylic acids is 1. The SMILES string of the molecule is Cc1ccoc1[C@@H]1[C@@H](C(C)O)C(=O)N1Cc1ccccc1. The smallest absolute Gasteiger partial charge is 0.231 e. The van der Waals surface area contributed by atoms with Gasteiger partial charge in [0.2, 0.25) is 5.91 Å². The normalized spacial score (nSPS) is 23.0. The van der Waals surface area contributed by atoms with Gasteiger partial charge in [0.1, 0.15) is 11.8 Å². The molecule has 1 aromatic carbocycles. The lowest BCUT2D eigenvalue weighted by atomic mass is 9.80. The van der Waals surface area contributed by atoms with Crippen molar-refractivity contribution in [3.63, 3.8) is 0 Å². The number of carbonyl (C=O) groups is 1. The lowest BCUT2D eigenvalue weighted by Crippen LogP contribution is -2.58. The Balaban J connectivity index is 1.89. The highest BCUT2D eigenvalue weighted by molar-refractivity contribution is 5.87. The first kappa shape index (κ1) is 13.9. The number of benzene rings is 1. The Labute approximate surface area is 124 Å². The van der Waals surface area contributed by atoms with Crippen LogP contribution in [0.15, 0.2) is 47.1 Å². The molecule has 21 heavy (non-hydrogen) atoms. The predicted octanol–water partition coefficient (Wildman–Crippen LogP) is 2.67. The Hall–Kier alpha value is -2.07. The molecule has 2 heterocycles. The third-order valence-corrected chi connectivity index (χ3v) is 4.13. The summed E-state index contributed by atoms with van der Waals surface area (Å²) in [6.07, 6.45) is 0.951. The van der Waals surface area contributed by atoms with Crippen molar-refractivity contribution in [1.82, 2.24) is 4.90 Å². The van der Waals surface area contributed by atoms with Crippen molar-refractivity contribution >= 4 is 5.91 Å². The number of likely N-dealkylation sites (tertiary alicyclic amines) is 1. The van der Waals surface area contributed by atoms with Gasteiger partial charge in [0, 0.05) is 6.54 Å². The Bertz CT molecular complexity index is 632. The highest BCUT2D eigenvalue weighted by atomic mass is 16.3. The minimum atomic E-state index is -0.681. The summed E-state index contributed by atoms with van der Waals surface area (Å²) in [5.41, 5.74) is 2.08. The Morgan fingerprint density at radius 2 is 2.00 bits per heavy atom. The van der Waals surface area contributed by atoms with Gasteiger partial charge in [-0.05, 0) is 31.0 Å². The Morgan fingerprint density at radius 1 is 1.29 bits per heavy atom. The molecule has 1 N–H and O–H groups in total. The van der Waals surface area contributed by atoms with Crippen LogP contribution < -0.4 is 0 Å². The zero-order valence-electron chi connectivity index (χ0n) is 12.2. The van der Waals surface area contributed by atoms with Crippen LogP contribution >= 0.6 is 0 Å². The maximum absolute atomic E-state index is 12.3. The molecule has 1 aromatic heterocycles. The highest BCUT2D eigenvalue weighted by Gasteiger charge is 2.52. The van der Waals surface area contributed by atoms with E-state index in [1.54, 1.807) is 18.1 Å². The zero-order valence-corrected chi connectivity index (χ0v) is 12.2. The summed E-state index contributed by atoms with van der Waals surface area (Å²) >= 11 is 0. The summed E-state index contributed by atoms with van der Waals surface area (Å²) in [4.78, 5) is 14.1. The van der Waals surface area contributed by atoms with E-state index in [1.165, 1.54) is 0 Å². The average molecular weight is 285 g/mol. The molecule has 0 aliphatic carbocycles. The summed E-state index contributed by atoms with van der Waals surface area (Å²) in [7, 11) is 0. The van der Waals surface area contributed by atoms with Gasteiger partial charge in [0.15, 0.2) is 0 Å². The standard InChI is InChI=1S/C17H19NO3/c1-11-8-9-21-16(11)15-14(12(2)19)17(20)18(15)10-13-6-4-3-5-7-13/h3-9,12,14-15,19H,10H2,1-2H3/t12?,14-,15+/m1/s1. The van der Waals surface area contributed by atoms with E-state index in [1.807, 2.05) is 43.3 Å². The van der Waals surface area contributed by atoms with Crippen LogP contribution in [0.4, 0.5) is 0 Å². The number of furan rings is 1. The molecular formula is C17H19NO3. The second-order valence-electron chi connectivity index (χ2n) is 5.63. The van der Waals surface area contributed by atoms with Crippen molar-refractivity contribution in [3.8, 4) is 0 Å². The molecule has 2 aromatic rings. The van der Waals surface area contributed by atoms with Crippen molar-refractivity contribution in [1.29, 1.82) is 0 Å². The number of nitrogens with zero attached hydrogens (tertiary/aromatic N) is 1. The molecule has 1 aliphatic rings. The van der Waals surface area contributed by atoms with Crippen LogP contribution in [0.3, 0.4) is 0 Å². The summed E-state index contributed by atoms with van der Waals surface area (Å²) in [6.45, 7) is 4.16. The average Bonchev–Trinajstić information content (AvgIpc) is 2.88. The molecule has 1 aliphatic heterocycles.